The van der Waals surface area contributed by atoms with Crippen molar-refractivity contribution >= 4 is 0 Å². The highest BCUT2D eigenvalue weighted by Crippen LogP contribution is 2.17. The number of piperidine rings is 1. The number of rotatable bonds is 2. The molecule has 2 unspecified atom stereocenters. The van der Waals surface area contributed by atoms with Gasteiger partial charge in [0.1, 0.15) is 0 Å². The largest absolute Gasteiger partial charge is 0.315 e. The molecule has 2 heterocycles. The van der Waals surface area contributed by atoms with Crippen LogP contribution in [0.1, 0.15) is 26.7 Å². The number of piperazine rings is 1. The van der Waals surface area contributed by atoms with Gasteiger partial charge in [0, 0.05) is 38.3 Å². The first-order valence-corrected chi connectivity index (χ1v) is 6.50. The molecule has 15 heavy (non-hydrogen) atoms. The Hall–Kier alpha value is -0.120. The van der Waals surface area contributed by atoms with E-state index in [9.17, 15) is 0 Å². The lowest BCUT2D eigenvalue weighted by Gasteiger charge is -2.45. The molecule has 0 radical (unpaired) electrons. The molecule has 0 aromatic rings. The van der Waals surface area contributed by atoms with Crippen molar-refractivity contribution in [3.8, 4) is 0 Å². The summed E-state index contributed by atoms with van der Waals surface area (Å²) in [6.07, 6.45) is 2.74. The van der Waals surface area contributed by atoms with E-state index >= 15 is 0 Å². The third kappa shape index (κ3) is 2.71. The maximum atomic E-state index is 3.52. The molecule has 0 saturated carbocycles. The average Bonchev–Trinajstić information content (AvgIpc) is 2.30. The van der Waals surface area contributed by atoms with Crippen molar-refractivity contribution in [3.05, 3.63) is 0 Å². The summed E-state index contributed by atoms with van der Waals surface area (Å²) in [5, 5.41) is 3.52. The van der Waals surface area contributed by atoms with Crippen molar-refractivity contribution in [1.29, 1.82) is 0 Å². The van der Waals surface area contributed by atoms with Crippen molar-refractivity contribution in [2.75, 3.05) is 39.3 Å². The van der Waals surface area contributed by atoms with Crippen molar-refractivity contribution in [3.63, 3.8) is 0 Å². The van der Waals surface area contributed by atoms with Crippen LogP contribution in [-0.4, -0.2) is 61.2 Å². The molecule has 2 saturated heterocycles. The Kier molecular flexibility index (Phi) is 4.00. The van der Waals surface area contributed by atoms with Crippen LogP contribution in [0.5, 0.6) is 0 Å². The summed E-state index contributed by atoms with van der Waals surface area (Å²) >= 11 is 0. The van der Waals surface area contributed by atoms with Gasteiger partial charge < -0.3 is 10.2 Å². The van der Waals surface area contributed by atoms with E-state index in [2.05, 4.69) is 29.0 Å². The summed E-state index contributed by atoms with van der Waals surface area (Å²) in [6, 6.07) is 1.54. The summed E-state index contributed by atoms with van der Waals surface area (Å²) in [5.74, 6) is 0. The molecule has 2 rings (SSSR count). The van der Waals surface area contributed by atoms with Crippen LogP contribution in [-0.2, 0) is 0 Å². The first-order chi connectivity index (χ1) is 7.31. The minimum atomic E-state index is 0.739. The third-order valence-corrected chi connectivity index (χ3v) is 3.95. The van der Waals surface area contributed by atoms with Crippen LogP contribution in [0.25, 0.3) is 0 Å². The van der Waals surface area contributed by atoms with E-state index in [0.717, 1.165) is 12.1 Å². The van der Waals surface area contributed by atoms with E-state index in [0.29, 0.717) is 0 Å². The van der Waals surface area contributed by atoms with Crippen LogP contribution >= 0.6 is 0 Å². The monoisotopic (exact) mass is 211 g/mol. The predicted octanol–water partition coefficient (Wildman–Crippen LogP) is 0.764. The van der Waals surface area contributed by atoms with Gasteiger partial charge in [0.25, 0.3) is 0 Å². The molecule has 0 aromatic carbocycles. The molecule has 3 nitrogen and oxygen atoms in total. The predicted molar refractivity (Wildman–Crippen MR) is 64.2 cm³/mol. The summed E-state index contributed by atoms with van der Waals surface area (Å²) in [4.78, 5) is 5.29. The Morgan fingerprint density at radius 1 is 1.33 bits per heavy atom. The first kappa shape index (κ1) is 11.4. The Labute approximate surface area is 93.8 Å². The van der Waals surface area contributed by atoms with E-state index in [1.54, 1.807) is 0 Å². The fourth-order valence-corrected chi connectivity index (χ4v) is 2.99. The molecule has 3 heteroatoms. The van der Waals surface area contributed by atoms with Gasteiger partial charge in [0.05, 0.1) is 0 Å². The number of nitrogens with one attached hydrogen (secondary N) is 1. The van der Waals surface area contributed by atoms with E-state index < -0.39 is 0 Å². The van der Waals surface area contributed by atoms with Crippen LogP contribution in [0, 0.1) is 0 Å². The zero-order chi connectivity index (χ0) is 10.7. The van der Waals surface area contributed by atoms with E-state index in [4.69, 9.17) is 0 Å². The van der Waals surface area contributed by atoms with Gasteiger partial charge in [0.15, 0.2) is 0 Å². The second-order valence-corrected chi connectivity index (χ2v) is 4.98. The number of nitrogens with zero attached hydrogens (tertiary/aromatic N) is 2. The van der Waals surface area contributed by atoms with Gasteiger partial charge in [-0.3, -0.25) is 4.90 Å². The minimum Gasteiger partial charge on any atom is -0.315 e. The summed E-state index contributed by atoms with van der Waals surface area (Å²) < 4.78 is 0. The molecule has 2 fully saturated rings. The molecule has 0 aromatic heterocycles. The standard InChI is InChI=1S/C12H25N3/c1-3-14-7-8-15(11(2)10-14)12-5-4-6-13-9-12/h11-13H,3-10H2,1-2H3. The van der Waals surface area contributed by atoms with Gasteiger partial charge in [-0.15, -0.1) is 0 Å². The summed E-state index contributed by atoms with van der Waals surface area (Å²) in [7, 11) is 0. The summed E-state index contributed by atoms with van der Waals surface area (Å²) in [6.45, 7) is 12.1. The van der Waals surface area contributed by atoms with Gasteiger partial charge in [-0.1, -0.05) is 6.92 Å². The van der Waals surface area contributed by atoms with E-state index in [-0.39, 0.29) is 0 Å². The highest BCUT2D eigenvalue weighted by atomic mass is 15.3. The SMILES string of the molecule is CCN1CCN(C2CCCNC2)C(C)C1. The van der Waals surface area contributed by atoms with Crippen LogP contribution in [0.15, 0.2) is 0 Å². The van der Waals surface area contributed by atoms with Gasteiger partial charge >= 0.3 is 0 Å². The van der Waals surface area contributed by atoms with Gasteiger partial charge in [-0.25, -0.2) is 0 Å². The molecule has 88 valence electrons. The lowest BCUT2D eigenvalue weighted by atomic mass is 10.0. The molecule has 2 aliphatic heterocycles. The molecule has 2 atom stereocenters. The van der Waals surface area contributed by atoms with Crippen LogP contribution in [0.4, 0.5) is 0 Å². The first-order valence-electron chi connectivity index (χ1n) is 6.50. The fraction of sp³-hybridized carbons (Fsp3) is 1.00. The number of likely N-dealkylation sites (N-methyl/N-ethyl adjacent to an activating group) is 1. The Morgan fingerprint density at radius 2 is 2.20 bits per heavy atom. The highest BCUT2D eigenvalue weighted by Gasteiger charge is 2.29. The number of hydrogen-bond donors (Lipinski definition) is 1. The van der Waals surface area contributed by atoms with Gasteiger partial charge in [0.2, 0.25) is 0 Å². The van der Waals surface area contributed by atoms with Crippen LogP contribution < -0.4 is 5.32 Å². The van der Waals surface area contributed by atoms with Crippen molar-refractivity contribution in [1.82, 2.24) is 15.1 Å². The topological polar surface area (TPSA) is 18.5 Å². The smallest absolute Gasteiger partial charge is 0.0225 e. The van der Waals surface area contributed by atoms with Crippen molar-refractivity contribution < 1.29 is 0 Å². The van der Waals surface area contributed by atoms with Gasteiger partial charge in [-0.05, 0) is 32.9 Å². The Bertz CT molecular complexity index is 189. The maximum absolute atomic E-state index is 3.52. The molecule has 0 bridgehead atoms. The van der Waals surface area contributed by atoms with Gasteiger partial charge in [-0.2, -0.15) is 0 Å². The molecule has 1 N–H and O–H groups in total. The molecule has 2 aliphatic rings. The Balaban J connectivity index is 1.87. The van der Waals surface area contributed by atoms with Crippen LogP contribution in [0.2, 0.25) is 0 Å². The lowest BCUT2D eigenvalue weighted by molar-refractivity contribution is 0.0423. The zero-order valence-electron chi connectivity index (χ0n) is 10.2. The zero-order valence-corrected chi connectivity index (χ0v) is 10.2. The quantitative estimate of drug-likeness (QED) is 0.728. The lowest BCUT2D eigenvalue weighted by Crippen LogP contribution is -2.58. The Morgan fingerprint density at radius 3 is 2.80 bits per heavy atom. The molecular weight excluding hydrogens is 186 g/mol. The highest BCUT2D eigenvalue weighted by molar-refractivity contribution is 4.86. The van der Waals surface area contributed by atoms with Crippen LogP contribution in [0.3, 0.4) is 0 Å². The average molecular weight is 211 g/mol. The summed E-state index contributed by atoms with van der Waals surface area (Å²) in [5.41, 5.74) is 0. The molecule has 0 amide bonds. The van der Waals surface area contributed by atoms with Crippen molar-refractivity contribution in [2.45, 2.75) is 38.8 Å². The van der Waals surface area contributed by atoms with Crippen molar-refractivity contribution in [2.24, 2.45) is 0 Å². The molecular formula is C12H25N3. The van der Waals surface area contributed by atoms with E-state index in [1.165, 1.54) is 52.1 Å². The second-order valence-electron chi connectivity index (χ2n) is 4.98. The molecule has 0 spiro atoms. The normalized spacial score (nSPS) is 35.6. The minimum absolute atomic E-state index is 0.739. The maximum Gasteiger partial charge on any atom is 0.0225 e. The molecule has 0 aliphatic carbocycles. The third-order valence-electron chi connectivity index (χ3n) is 3.95. The van der Waals surface area contributed by atoms with E-state index in [1.807, 2.05) is 0 Å². The second kappa shape index (κ2) is 5.28. The number of hydrogen-bond acceptors (Lipinski definition) is 3. The fourth-order valence-electron chi connectivity index (χ4n) is 2.99.